The molecule has 2 aromatic carbocycles. The Balaban J connectivity index is 1.70. The highest BCUT2D eigenvalue weighted by molar-refractivity contribution is 6.00. The molecule has 20 heavy (non-hydrogen) atoms. The van der Waals surface area contributed by atoms with Crippen molar-refractivity contribution in [2.45, 2.75) is 13.1 Å². The van der Waals surface area contributed by atoms with E-state index in [-0.39, 0.29) is 5.91 Å². The normalized spacial score (nSPS) is 14.0. The molecular formula is C15H12N4O. The predicted octanol–water partition coefficient (Wildman–Crippen LogP) is 1.98. The summed E-state index contributed by atoms with van der Waals surface area (Å²) in [4.78, 5) is 15.4. The molecular weight excluding hydrogens is 252 g/mol. The lowest BCUT2D eigenvalue weighted by Gasteiger charge is -2.16. The molecule has 1 amide bonds. The average molecular weight is 264 g/mol. The number of hydrogen-bond donors (Lipinski definition) is 0. The SMILES string of the molecule is O=C1Cc2ccccc2N1Cn1nc2ccccc2n1. The summed E-state index contributed by atoms with van der Waals surface area (Å²) in [5.74, 6) is 0.0903. The van der Waals surface area contributed by atoms with Gasteiger partial charge in [-0.25, -0.2) is 0 Å². The van der Waals surface area contributed by atoms with E-state index >= 15 is 0 Å². The first-order valence-corrected chi connectivity index (χ1v) is 6.49. The Kier molecular flexibility index (Phi) is 2.32. The van der Waals surface area contributed by atoms with Gasteiger partial charge < -0.3 is 0 Å². The molecule has 0 saturated heterocycles. The van der Waals surface area contributed by atoms with Crippen molar-refractivity contribution in [3.63, 3.8) is 0 Å². The first kappa shape index (κ1) is 11.2. The van der Waals surface area contributed by atoms with Gasteiger partial charge in [0, 0.05) is 5.69 Å². The van der Waals surface area contributed by atoms with Gasteiger partial charge in [-0.3, -0.25) is 9.69 Å². The van der Waals surface area contributed by atoms with E-state index in [1.54, 1.807) is 9.70 Å². The van der Waals surface area contributed by atoms with Gasteiger partial charge in [0.2, 0.25) is 5.91 Å². The van der Waals surface area contributed by atoms with Crippen molar-refractivity contribution in [3.05, 3.63) is 54.1 Å². The van der Waals surface area contributed by atoms with Crippen LogP contribution in [0.4, 0.5) is 5.69 Å². The monoisotopic (exact) mass is 264 g/mol. The number of amides is 1. The van der Waals surface area contributed by atoms with Gasteiger partial charge in [0.25, 0.3) is 0 Å². The summed E-state index contributed by atoms with van der Waals surface area (Å²) in [6.45, 7) is 0.352. The van der Waals surface area contributed by atoms with Crippen molar-refractivity contribution in [1.29, 1.82) is 0 Å². The maximum Gasteiger partial charge on any atom is 0.233 e. The molecule has 0 bridgehead atoms. The van der Waals surface area contributed by atoms with Gasteiger partial charge >= 0.3 is 0 Å². The first-order valence-electron chi connectivity index (χ1n) is 6.49. The summed E-state index contributed by atoms with van der Waals surface area (Å²) >= 11 is 0. The van der Waals surface area contributed by atoms with Crippen molar-refractivity contribution in [2.24, 2.45) is 0 Å². The Morgan fingerprint density at radius 1 is 0.950 bits per heavy atom. The van der Waals surface area contributed by atoms with Crippen LogP contribution in [0.5, 0.6) is 0 Å². The van der Waals surface area contributed by atoms with Crippen LogP contribution < -0.4 is 4.90 Å². The fourth-order valence-electron chi connectivity index (χ4n) is 2.57. The standard InChI is InChI=1S/C15H12N4O/c20-15-9-11-5-1-4-8-14(11)18(15)10-19-16-12-6-2-3-7-13(12)17-19/h1-8H,9-10H2. The van der Waals surface area contributed by atoms with E-state index in [0.29, 0.717) is 13.1 Å². The molecule has 1 aromatic heterocycles. The summed E-state index contributed by atoms with van der Waals surface area (Å²) in [5, 5.41) is 8.79. The minimum atomic E-state index is 0.0903. The quantitative estimate of drug-likeness (QED) is 0.711. The van der Waals surface area contributed by atoms with Crippen LogP contribution in [0.2, 0.25) is 0 Å². The Labute approximate surface area is 115 Å². The molecule has 1 aliphatic heterocycles. The van der Waals surface area contributed by atoms with E-state index in [1.807, 2.05) is 48.5 Å². The van der Waals surface area contributed by atoms with Crippen LogP contribution in [-0.2, 0) is 17.9 Å². The third kappa shape index (κ3) is 1.67. The zero-order valence-electron chi connectivity index (χ0n) is 10.7. The van der Waals surface area contributed by atoms with Crippen molar-refractivity contribution < 1.29 is 4.79 Å². The van der Waals surface area contributed by atoms with Crippen molar-refractivity contribution >= 4 is 22.6 Å². The van der Waals surface area contributed by atoms with Crippen molar-refractivity contribution in [1.82, 2.24) is 15.0 Å². The lowest BCUT2D eigenvalue weighted by Crippen LogP contribution is -2.30. The van der Waals surface area contributed by atoms with Crippen LogP contribution in [0.1, 0.15) is 5.56 Å². The first-order chi connectivity index (χ1) is 9.81. The maximum absolute atomic E-state index is 12.1. The second kappa shape index (κ2) is 4.16. The van der Waals surface area contributed by atoms with Crippen molar-refractivity contribution in [2.75, 3.05) is 4.90 Å². The van der Waals surface area contributed by atoms with E-state index in [1.165, 1.54) is 0 Å². The van der Waals surface area contributed by atoms with Crippen molar-refractivity contribution in [3.8, 4) is 0 Å². The Morgan fingerprint density at radius 3 is 2.35 bits per heavy atom. The van der Waals surface area contributed by atoms with Gasteiger partial charge in [-0.2, -0.15) is 15.0 Å². The van der Waals surface area contributed by atoms with Crippen LogP contribution >= 0.6 is 0 Å². The van der Waals surface area contributed by atoms with Gasteiger partial charge in [-0.1, -0.05) is 30.3 Å². The molecule has 0 saturated carbocycles. The number of rotatable bonds is 2. The molecule has 3 aromatic rings. The van der Waals surface area contributed by atoms with E-state index < -0.39 is 0 Å². The third-order valence-corrected chi connectivity index (χ3v) is 3.52. The number of hydrogen-bond acceptors (Lipinski definition) is 3. The van der Waals surface area contributed by atoms with Crippen LogP contribution in [0.3, 0.4) is 0 Å². The molecule has 0 unspecified atom stereocenters. The second-order valence-electron chi connectivity index (χ2n) is 4.83. The molecule has 0 spiro atoms. The van der Waals surface area contributed by atoms with E-state index in [2.05, 4.69) is 10.2 Å². The Hall–Kier alpha value is -2.69. The molecule has 0 N–H and O–H groups in total. The average Bonchev–Trinajstić information content (AvgIpc) is 3.00. The molecule has 1 aliphatic rings. The predicted molar refractivity (Wildman–Crippen MR) is 75.2 cm³/mol. The van der Waals surface area contributed by atoms with Gasteiger partial charge in [-0.15, -0.1) is 0 Å². The van der Waals surface area contributed by atoms with Crippen LogP contribution in [-0.4, -0.2) is 20.9 Å². The van der Waals surface area contributed by atoms with E-state index in [9.17, 15) is 4.79 Å². The minimum Gasteiger partial charge on any atom is -0.290 e. The summed E-state index contributed by atoms with van der Waals surface area (Å²) in [7, 11) is 0. The summed E-state index contributed by atoms with van der Waals surface area (Å²) in [6, 6.07) is 15.5. The molecule has 5 heteroatoms. The number of para-hydroxylation sites is 1. The minimum absolute atomic E-state index is 0.0903. The van der Waals surface area contributed by atoms with Crippen LogP contribution in [0.15, 0.2) is 48.5 Å². The molecule has 2 heterocycles. The smallest absolute Gasteiger partial charge is 0.233 e. The summed E-state index contributed by atoms with van der Waals surface area (Å²) < 4.78 is 0. The Morgan fingerprint density at radius 2 is 1.60 bits per heavy atom. The fourth-order valence-corrected chi connectivity index (χ4v) is 2.57. The van der Waals surface area contributed by atoms with Gasteiger partial charge in [0.05, 0.1) is 6.42 Å². The zero-order valence-corrected chi connectivity index (χ0v) is 10.7. The second-order valence-corrected chi connectivity index (χ2v) is 4.83. The highest BCUT2D eigenvalue weighted by Gasteiger charge is 2.27. The highest BCUT2D eigenvalue weighted by atomic mass is 16.2. The molecule has 5 nitrogen and oxygen atoms in total. The number of nitrogens with zero attached hydrogens (tertiary/aromatic N) is 4. The molecule has 0 atom stereocenters. The molecule has 0 radical (unpaired) electrons. The molecule has 0 aliphatic carbocycles. The zero-order chi connectivity index (χ0) is 13.5. The van der Waals surface area contributed by atoms with Crippen LogP contribution in [0, 0.1) is 0 Å². The number of aromatic nitrogens is 3. The number of carbonyl (C=O) groups is 1. The van der Waals surface area contributed by atoms with E-state index in [4.69, 9.17) is 0 Å². The number of anilines is 1. The van der Waals surface area contributed by atoms with Crippen LogP contribution in [0.25, 0.3) is 11.0 Å². The number of benzene rings is 2. The molecule has 4 rings (SSSR count). The molecule has 98 valence electrons. The van der Waals surface area contributed by atoms with Gasteiger partial charge in [0.15, 0.2) is 0 Å². The number of carbonyl (C=O) groups excluding carboxylic acids is 1. The third-order valence-electron chi connectivity index (χ3n) is 3.52. The highest BCUT2D eigenvalue weighted by Crippen LogP contribution is 2.28. The largest absolute Gasteiger partial charge is 0.290 e. The number of fused-ring (bicyclic) bond motifs is 2. The fraction of sp³-hybridized carbons (Fsp3) is 0.133. The lowest BCUT2D eigenvalue weighted by molar-refractivity contribution is -0.117. The summed E-state index contributed by atoms with van der Waals surface area (Å²) in [5.41, 5.74) is 3.70. The van der Waals surface area contributed by atoms with Gasteiger partial charge in [-0.05, 0) is 23.8 Å². The van der Waals surface area contributed by atoms with E-state index in [0.717, 1.165) is 22.3 Å². The topological polar surface area (TPSA) is 51.0 Å². The molecule has 0 fully saturated rings. The maximum atomic E-state index is 12.1. The summed E-state index contributed by atoms with van der Waals surface area (Å²) in [6.07, 6.45) is 0.455. The van der Waals surface area contributed by atoms with Gasteiger partial charge in [0.1, 0.15) is 17.7 Å². The Bertz CT molecular complexity index is 775. The lowest BCUT2D eigenvalue weighted by atomic mass is 10.2.